The summed E-state index contributed by atoms with van der Waals surface area (Å²) >= 11 is 0. The van der Waals surface area contributed by atoms with Crippen LogP contribution in [0.25, 0.3) is 0 Å². The van der Waals surface area contributed by atoms with Crippen LogP contribution in [-0.2, 0) is 13.0 Å². The van der Waals surface area contributed by atoms with Crippen molar-refractivity contribution in [1.82, 2.24) is 15.0 Å². The predicted octanol–water partition coefficient (Wildman–Crippen LogP) is 2.50. The van der Waals surface area contributed by atoms with Gasteiger partial charge in [-0.2, -0.15) is 0 Å². The first kappa shape index (κ1) is 14.2. The lowest BCUT2D eigenvalue weighted by molar-refractivity contribution is 0.781. The topological polar surface area (TPSA) is 53.9 Å². The average molecular weight is 271 g/mol. The molecule has 106 valence electrons. The van der Waals surface area contributed by atoms with Crippen molar-refractivity contribution in [3.63, 3.8) is 0 Å². The molecule has 0 fully saturated rings. The van der Waals surface area contributed by atoms with Gasteiger partial charge in [-0.15, -0.1) is 0 Å². The molecule has 5 heteroatoms. The van der Waals surface area contributed by atoms with Gasteiger partial charge >= 0.3 is 0 Å². The van der Waals surface area contributed by atoms with E-state index in [4.69, 9.17) is 0 Å². The molecule has 0 amide bonds. The standard InChI is InChI=1S/C15H21N5/c1-4-13-18-14(16-3)10-15(19-13)20(5-2)11-12-8-6-7-9-17-12/h6-10H,4-5,11H2,1-3H3,(H,16,18,19). The zero-order chi connectivity index (χ0) is 14.4. The molecule has 0 aliphatic heterocycles. The van der Waals surface area contributed by atoms with E-state index >= 15 is 0 Å². The number of hydrogen-bond donors (Lipinski definition) is 1. The van der Waals surface area contributed by atoms with Crippen LogP contribution < -0.4 is 10.2 Å². The Kier molecular flexibility index (Phi) is 4.87. The molecule has 2 aromatic rings. The second-order valence-electron chi connectivity index (χ2n) is 4.47. The van der Waals surface area contributed by atoms with Gasteiger partial charge in [-0.3, -0.25) is 4.98 Å². The third-order valence-electron chi connectivity index (χ3n) is 3.12. The molecule has 0 bridgehead atoms. The van der Waals surface area contributed by atoms with Gasteiger partial charge in [0.15, 0.2) is 0 Å². The van der Waals surface area contributed by atoms with E-state index in [1.807, 2.05) is 37.5 Å². The third-order valence-corrected chi connectivity index (χ3v) is 3.12. The highest BCUT2D eigenvalue weighted by Crippen LogP contribution is 2.17. The maximum Gasteiger partial charge on any atom is 0.134 e. The first-order chi connectivity index (χ1) is 9.76. The maximum absolute atomic E-state index is 4.61. The van der Waals surface area contributed by atoms with Crippen molar-refractivity contribution in [3.8, 4) is 0 Å². The minimum atomic E-state index is 0.751. The van der Waals surface area contributed by atoms with Crippen LogP contribution in [-0.4, -0.2) is 28.5 Å². The Morgan fingerprint density at radius 1 is 1.20 bits per heavy atom. The second kappa shape index (κ2) is 6.84. The number of nitrogens with one attached hydrogen (secondary N) is 1. The largest absolute Gasteiger partial charge is 0.373 e. The fourth-order valence-corrected chi connectivity index (χ4v) is 1.97. The first-order valence-electron chi connectivity index (χ1n) is 6.97. The van der Waals surface area contributed by atoms with Gasteiger partial charge < -0.3 is 10.2 Å². The summed E-state index contributed by atoms with van der Waals surface area (Å²) in [6.07, 6.45) is 2.64. The Morgan fingerprint density at radius 2 is 2.05 bits per heavy atom. The Balaban J connectivity index is 2.26. The van der Waals surface area contributed by atoms with Crippen molar-refractivity contribution >= 4 is 11.6 Å². The van der Waals surface area contributed by atoms with Crippen LogP contribution in [0.3, 0.4) is 0 Å². The normalized spacial score (nSPS) is 10.3. The molecule has 0 unspecified atom stereocenters. The second-order valence-corrected chi connectivity index (χ2v) is 4.47. The monoisotopic (exact) mass is 271 g/mol. The third kappa shape index (κ3) is 3.44. The number of aromatic nitrogens is 3. The molecule has 0 saturated heterocycles. The molecular weight excluding hydrogens is 250 g/mol. The molecule has 0 spiro atoms. The van der Waals surface area contributed by atoms with Crippen LogP contribution in [0.5, 0.6) is 0 Å². The summed E-state index contributed by atoms with van der Waals surface area (Å²) in [7, 11) is 1.88. The number of anilines is 2. The van der Waals surface area contributed by atoms with Crippen molar-refractivity contribution in [1.29, 1.82) is 0 Å². The van der Waals surface area contributed by atoms with Crippen LogP contribution in [0.2, 0.25) is 0 Å². The van der Waals surface area contributed by atoms with E-state index in [1.54, 1.807) is 0 Å². The Morgan fingerprint density at radius 3 is 2.65 bits per heavy atom. The van der Waals surface area contributed by atoms with Gasteiger partial charge in [0.1, 0.15) is 17.5 Å². The van der Waals surface area contributed by atoms with Gasteiger partial charge in [0.05, 0.1) is 12.2 Å². The molecule has 2 aromatic heterocycles. The summed E-state index contributed by atoms with van der Waals surface area (Å²) in [6.45, 7) is 5.81. The van der Waals surface area contributed by atoms with Crippen LogP contribution in [0, 0.1) is 0 Å². The van der Waals surface area contributed by atoms with E-state index in [2.05, 4.69) is 39.0 Å². The molecule has 0 saturated carbocycles. The Labute approximate surface area is 120 Å². The van der Waals surface area contributed by atoms with Crippen molar-refractivity contribution in [2.75, 3.05) is 23.8 Å². The Hall–Kier alpha value is -2.17. The number of aryl methyl sites for hydroxylation is 1. The van der Waals surface area contributed by atoms with Crippen LogP contribution >= 0.6 is 0 Å². The number of pyridine rings is 1. The zero-order valence-electron chi connectivity index (χ0n) is 12.3. The van der Waals surface area contributed by atoms with Gasteiger partial charge in [-0.05, 0) is 19.1 Å². The number of rotatable bonds is 6. The molecule has 0 aliphatic carbocycles. The highest BCUT2D eigenvalue weighted by molar-refractivity contribution is 5.49. The number of nitrogens with zero attached hydrogens (tertiary/aromatic N) is 4. The van der Waals surface area contributed by atoms with E-state index in [9.17, 15) is 0 Å². The number of hydrogen-bond acceptors (Lipinski definition) is 5. The summed E-state index contributed by atoms with van der Waals surface area (Å²) < 4.78 is 0. The van der Waals surface area contributed by atoms with Crippen molar-refractivity contribution < 1.29 is 0 Å². The molecule has 5 nitrogen and oxygen atoms in total. The van der Waals surface area contributed by atoms with Gasteiger partial charge in [0, 0.05) is 32.3 Å². The predicted molar refractivity (Wildman–Crippen MR) is 81.9 cm³/mol. The lowest BCUT2D eigenvalue weighted by Gasteiger charge is -2.22. The average Bonchev–Trinajstić information content (AvgIpc) is 2.53. The maximum atomic E-state index is 4.61. The lowest BCUT2D eigenvalue weighted by atomic mass is 10.3. The summed E-state index contributed by atoms with van der Waals surface area (Å²) in [6, 6.07) is 7.95. The van der Waals surface area contributed by atoms with Crippen LogP contribution in [0.4, 0.5) is 11.6 Å². The lowest BCUT2D eigenvalue weighted by Crippen LogP contribution is -2.24. The fraction of sp³-hybridized carbons (Fsp3) is 0.400. The van der Waals surface area contributed by atoms with Gasteiger partial charge in [-0.25, -0.2) is 9.97 Å². The minimum Gasteiger partial charge on any atom is -0.373 e. The van der Waals surface area contributed by atoms with Crippen LogP contribution in [0.15, 0.2) is 30.5 Å². The molecule has 2 rings (SSSR count). The van der Waals surface area contributed by atoms with Crippen molar-refractivity contribution in [2.45, 2.75) is 26.8 Å². The smallest absolute Gasteiger partial charge is 0.134 e. The van der Waals surface area contributed by atoms with Gasteiger partial charge in [0.25, 0.3) is 0 Å². The summed E-state index contributed by atoms with van der Waals surface area (Å²) in [5, 5.41) is 3.09. The molecule has 1 N–H and O–H groups in total. The van der Waals surface area contributed by atoms with E-state index in [0.717, 1.165) is 42.7 Å². The van der Waals surface area contributed by atoms with E-state index < -0.39 is 0 Å². The van der Waals surface area contributed by atoms with Gasteiger partial charge in [-0.1, -0.05) is 13.0 Å². The minimum absolute atomic E-state index is 0.751. The zero-order valence-corrected chi connectivity index (χ0v) is 12.3. The highest BCUT2D eigenvalue weighted by Gasteiger charge is 2.10. The summed E-state index contributed by atoms with van der Waals surface area (Å²) in [4.78, 5) is 15.6. The molecule has 0 aliphatic rings. The molecule has 0 aromatic carbocycles. The van der Waals surface area contributed by atoms with Crippen LogP contribution in [0.1, 0.15) is 25.4 Å². The Bertz CT molecular complexity index is 519. The summed E-state index contributed by atoms with van der Waals surface area (Å²) in [5.74, 6) is 2.65. The first-order valence-corrected chi connectivity index (χ1v) is 6.97. The molecule has 20 heavy (non-hydrogen) atoms. The van der Waals surface area contributed by atoms with Crippen molar-refractivity contribution in [3.05, 3.63) is 42.0 Å². The molecule has 0 atom stereocenters. The molecule has 0 radical (unpaired) electrons. The fourth-order valence-electron chi connectivity index (χ4n) is 1.97. The van der Waals surface area contributed by atoms with E-state index in [1.165, 1.54) is 0 Å². The van der Waals surface area contributed by atoms with E-state index in [-0.39, 0.29) is 0 Å². The van der Waals surface area contributed by atoms with E-state index in [0.29, 0.717) is 0 Å². The van der Waals surface area contributed by atoms with Gasteiger partial charge in [0.2, 0.25) is 0 Å². The molecular formula is C15H21N5. The van der Waals surface area contributed by atoms with Crippen molar-refractivity contribution in [2.24, 2.45) is 0 Å². The highest BCUT2D eigenvalue weighted by atomic mass is 15.2. The molecule has 2 heterocycles. The summed E-state index contributed by atoms with van der Waals surface area (Å²) in [5.41, 5.74) is 1.04. The quantitative estimate of drug-likeness (QED) is 0.875. The SMILES string of the molecule is CCc1nc(NC)cc(N(CC)Cc2ccccn2)n1.